The summed E-state index contributed by atoms with van der Waals surface area (Å²) in [7, 11) is -3.80. The largest absolute Gasteiger partial charge is 0.442 e. The molecule has 2 aromatic carbocycles. The van der Waals surface area contributed by atoms with Crippen LogP contribution in [0.4, 0.5) is 21.9 Å². The first kappa shape index (κ1) is 22.7. The van der Waals surface area contributed by atoms with Crippen LogP contribution in [0.2, 0.25) is 0 Å². The molecule has 0 radical (unpaired) electrons. The maximum atomic E-state index is 13.5. The minimum Gasteiger partial charge on any atom is -0.442 e. The van der Waals surface area contributed by atoms with Gasteiger partial charge in [-0.25, -0.2) is 13.2 Å². The summed E-state index contributed by atoms with van der Waals surface area (Å²) >= 11 is 0. The van der Waals surface area contributed by atoms with Crippen molar-refractivity contribution >= 4 is 33.2 Å². The highest BCUT2D eigenvalue weighted by atomic mass is 32.2. The van der Waals surface area contributed by atoms with E-state index in [0.717, 1.165) is 12.0 Å². The normalized spacial score (nSPS) is 16.1. The molecule has 2 aromatic rings. The Kier molecular flexibility index (Phi) is 6.94. The van der Waals surface area contributed by atoms with E-state index in [4.69, 9.17) is 10.5 Å². The van der Waals surface area contributed by atoms with E-state index in [1.807, 2.05) is 38.1 Å². The van der Waals surface area contributed by atoms with Crippen LogP contribution >= 0.6 is 0 Å². The van der Waals surface area contributed by atoms with E-state index in [-0.39, 0.29) is 16.9 Å². The monoisotopic (exact) mass is 446 g/mol. The van der Waals surface area contributed by atoms with Crippen LogP contribution in [0.15, 0.2) is 47.4 Å². The lowest BCUT2D eigenvalue weighted by Crippen LogP contribution is -2.34. The molecule has 1 aliphatic rings. The van der Waals surface area contributed by atoms with Crippen molar-refractivity contribution in [2.45, 2.75) is 38.2 Å². The molecule has 168 valence electrons. The number of benzene rings is 2. The van der Waals surface area contributed by atoms with Gasteiger partial charge in [-0.3, -0.25) is 4.31 Å². The number of nitrogens with one attached hydrogen (secondary N) is 2. The third-order valence-electron chi connectivity index (χ3n) is 5.04. The molecule has 1 unspecified atom stereocenters. The quantitative estimate of drug-likeness (QED) is 0.510. The van der Waals surface area contributed by atoms with Gasteiger partial charge in [0.2, 0.25) is 0 Å². The van der Waals surface area contributed by atoms with Gasteiger partial charge in [0.15, 0.2) is 0 Å². The standard InChI is InChI=1S/C22H30N4O4S/c1-4-16-5-7-17(8-6-16)26(14-15(2)3)31(28,29)19-9-10-21(20(23)11-19)24-12-18-13-25-22(27)30-18/h5-11,15,18,24H,4,12-14,23H2,1-3H3,(H,25,27). The Labute approximate surface area is 183 Å². The van der Waals surface area contributed by atoms with E-state index in [1.165, 1.54) is 10.4 Å². The Balaban J connectivity index is 1.83. The third-order valence-corrected chi connectivity index (χ3v) is 6.83. The molecule has 1 atom stereocenters. The minimum atomic E-state index is -3.80. The zero-order valence-electron chi connectivity index (χ0n) is 18.1. The Bertz CT molecular complexity index is 1020. The number of alkyl carbamates (subject to hydrolysis) is 1. The predicted octanol–water partition coefficient (Wildman–Crippen LogP) is 3.20. The lowest BCUT2D eigenvalue weighted by Gasteiger charge is -2.27. The van der Waals surface area contributed by atoms with Gasteiger partial charge in [-0.15, -0.1) is 0 Å². The maximum Gasteiger partial charge on any atom is 0.407 e. The number of rotatable bonds is 9. The second kappa shape index (κ2) is 9.47. The van der Waals surface area contributed by atoms with Crippen LogP contribution in [0.3, 0.4) is 0 Å². The zero-order chi connectivity index (χ0) is 22.6. The second-order valence-electron chi connectivity index (χ2n) is 7.99. The number of nitrogens with zero attached hydrogens (tertiary/aromatic N) is 1. The molecule has 0 aliphatic carbocycles. The molecule has 9 heteroatoms. The van der Waals surface area contributed by atoms with Gasteiger partial charge < -0.3 is 21.1 Å². The van der Waals surface area contributed by atoms with Crippen molar-refractivity contribution in [1.82, 2.24) is 5.32 Å². The summed E-state index contributed by atoms with van der Waals surface area (Å²) in [5.74, 6) is 0.140. The van der Waals surface area contributed by atoms with Crippen LogP contribution in [-0.2, 0) is 21.2 Å². The van der Waals surface area contributed by atoms with Gasteiger partial charge >= 0.3 is 6.09 Å². The van der Waals surface area contributed by atoms with Crippen molar-refractivity contribution in [2.24, 2.45) is 5.92 Å². The van der Waals surface area contributed by atoms with Gasteiger partial charge in [-0.2, -0.15) is 0 Å². The summed E-state index contributed by atoms with van der Waals surface area (Å²) in [5, 5.41) is 5.69. The number of amides is 1. The SMILES string of the molecule is CCc1ccc(N(CC(C)C)S(=O)(=O)c2ccc(NCC3CNC(=O)O3)c(N)c2)cc1. The molecule has 0 spiro atoms. The van der Waals surface area contributed by atoms with Crippen molar-refractivity contribution in [3.63, 3.8) is 0 Å². The summed E-state index contributed by atoms with van der Waals surface area (Å²) < 4.78 is 33.5. The fourth-order valence-corrected chi connectivity index (χ4v) is 4.99. The third kappa shape index (κ3) is 5.41. The van der Waals surface area contributed by atoms with Gasteiger partial charge in [-0.1, -0.05) is 32.9 Å². The molecule has 0 bridgehead atoms. The fraction of sp³-hybridized carbons (Fsp3) is 0.409. The predicted molar refractivity (Wildman–Crippen MR) is 123 cm³/mol. The van der Waals surface area contributed by atoms with Crippen LogP contribution in [0.5, 0.6) is 0 Å². The highest BCUT2D eigenvalue weighted by molar-refractivity contribution is 7.92. The van der Waals surface area contributed by atoms with Crippen molar-refractivity contribution in [1.29, 1.82) is 0 Å². The number of sulfonamides is 1. The molecule has 0 aromatic heterocycles. The van der Waals surface area contributed by atoms with E-state index < -0.39 is 16.1 Å². The number of nitrogens with two attached hydrogens (primary N) is 1. The first-order valence-corrected chi connectivity index (χ1v) is 11.8. The second-order valence-corrected chi connectivity index (χ2v) is 9.85. The van der Waals surface area contributed by atoms with Crippen LogP contribution in [0.1, 0.15) is 26.3 Å². The molecule has 3 rings (SSSR count). The Morgan fingerprint density at radius 3 is 2.48 bits per heavy atom. The van der Waals surface area contributed by atoms with Gasteiger partial charge in [-0.05, 0) is 48.2 Å². The summed E-state index contributed by atoms with van der Waals surface area (Å²) in [5.41, 5.74) is 8.81. The molecule has 31 heavy (non-hydrogen) atoms. The lowest BCUT2D eigenvalue weighted by atomic mass is 10.1. The van der Waals surface area contributed by atoms with Gasteiger partial charge in [0, 0.05) is 6.54 Å². The van der Waals surface area contributed by atoms with Gasteiger partial charge in [0.25, 0.3) is 10.0 Å². The summed E-state index contributed by atoms with van der Waals surface area (Å²) in [6.07, 6.45) is 0.138. The molecule has 1 amide bonds. The Hall–Kier alpha value is -2.94. The van der Waals surface area contributed by atoms with Gasteiger partial charge in [0.1, 0.15) is 6.10 Å². The molecule has 1 aliphatic heterocycles. The van der Waals surface area contributed by atoms with Crippen molar-refractivity contribution in [3.05, 3.63) is 48.0 Å². The van der Waals surface area contributed by atoms with E-state index in [0.29, 0.717) is 36.7 Å². The van der Waals surface area contributed by atoms with Crippen molar-refractivity contribution in [3.8, 4) is 0 Å². The Morgan fingerprint density at radius 1 is 1.23 bits per heavy atom. The minimum absolute atomic E-state index is 0.129. The number of hydrogen-bond acceptors (Lipinski definition) is 6. The molecular weight excluding hydrogens is 416 g/mol. The molecule has 1 fully saturated rings. The number of cyclic esters (lactones) is 1. The lowest BCUT2D eigenvalue weighted by molar-refractivity contribution is 0.145. The number of nitrogen functional groups attached to an aromatic ring is 1. The summed E-state index contributed by atoms with van der Waals surface area (Å²) in [4.78, 5) is 11.3. The number of carbonyl (C=O) groups is 1. The fourth-order valence-electron chi connectivity index (χ4n) is 3.33. The van der Waals surface area contributed by atoms with Crippen molar-refractivity contribution < 1.29 is 17.9 Å². The molecule has 8 nitrogen and oxygen atoms in total. The van der Waals surface area contributed by atoms with Crippen LogP contribution in [-0.4, -0.2) is 40.2 Å². The number of ether oxygens (including phenoxy) is 1. The highest BCUT2D eigenvalue weighted by Gasteiger charge is 2.27. The average molecular weight is 447 g/mol. The maximum absolute atomic E-state index is 13.5. The van der Waals surface area contributed by atoms with Gasteiger partial charge in [0.05, 0.1) is 35.0 Å². The Morgan fingerprint density at radius 2 is 1.94 bits per heavy atom. The average Bonchev–Trinajstić information content (AvgIpc) is 3.16. The van der Waals surface area contributed by atoms with E-state index >= 15 is 0 Å². The van der Waals surface area contributed by atoms with Crippen LogP contribution in [0.25, 0.3) is 0 Å². The van der Waals surface area contributed by atoms with Crippen LogP contribution in [0, 0.1) is 5.92 Å². The van der Waals surface area contributed by atoms with E-state index in [1.54, 1.807) is 12.1 Å². The van der Waals surface area contributed by atoms with E-state index in [2.05, 4.69) is 17.6 Å². The highest BCUT2D eigenvalue weighted by Crippen LogP contribution is 2.29. The summed E-state index contributed by atoms with van der Waals surface area (Å²) in [6, 6.07) is 12.2. The molecule has 1 saturated heterocycles. The first-order valence-electron chi connectivity index (χ1n) is 10.4. The topological polar surface area (TPSA) is 114 Å². The molecule has 1 heterocycles. The number of aryl methyl sites for hydroxylation is 1. The zero-order valence-corrected chi connectivity index (χ0v) is 18.9. The smallest absolute Gasteiger partial charge is 0.407 e. The van der Waals surface area contributed by atoms with Crippen molar-refractivity contribution in [2.75, 3.05) is 35.0 Å². The number of hydrogen-bond donors (Lipinski definition) is 3. The first-order chi connectivity index (χ1) is 14.7. The van der Waals surface area contributed by atoms with Crippen LogP contribution < -0.4 is 20.7 Å². The van der Waals surface area contributed by atoms with E-state index in [9.17, 15) is 13.2 Å². The summed E-state index contributed by atoms with van der Waals surface area (Å²) in [6.45, 7) is 7.17. The molecule has 4 N–H and O–H groups in total. The molecule has 0 saturated carbocycles. The number of carbonyl (C=O) groups excluding carboxylic acids is 1. The number of anilines is 3. The molecular formula is C22H30N4O4S.